The quantitative estimate of drug-likeness (QED) is 0.547. The molecular formula is C16H16N4O3S. The van der Waals surface area contributed by atoms with Gasteiger partial charge in [-0.2, -0.15) is 9.78 Å². The minimum atomic E-state index is 0.371. The predicted octanol–water partition coefficient (Wildman–Crippen LogP) is 3.49. The van der Waals surface area contributed by atoms with Gasteiger partial charge in [-0.1, -0.05) is 0 Å². The Labute approximate surface area is 143 Å². The molecule has 0 atom stereocenters. The minimum Gasteiger partial charge on any atom is -0.493 e. The Morgan fingerprint density at radius 2 is 2.25 bits per heavy atom. The second-order valence-electron chi connectivity index (χ2n) is 4.73. The lowest BCUT2D eigenvalue weighted by molar-refractivity contribution is 0.311. The van der Waals surface area contributed by atoms with E-state index in [1.54, 1.807) is 31.7 Å². The molecule has 0 radical (unpaired) electrons. The number of hydrogen-bond acceptors (Lipinski definition) is 6. The fraction of sp³-hybridized carbons (Fsp3) is 0.188. The molecule has 0 unspecified atom stereocenters. The Morgan fingerprint density at radius 3 is 2.96 bits per heavy atom. The van der Waals surface area contributed by atoms with Gasteiger partial charge in [-0.3, -0.25) is 0 Å². The molecule has 1 aromatic carbocycles. The summed E-state index contributed by atoms with van der Waals surface area (Å²) < 4.78 is 18.1. The van der Waals surface area contributed by atoms with E-state index in [0.29, 0.717) is 34.5 Å². The third-order valence-corrected chi connectivity index (χ3v) is 3.47. The Hall–Kier alpha value is -2.87. The molecule has 0 bridgehead atoms. The normalized spacial score (nSPS) is 11.1. The Balaban J connectivity index is 1.93. The topological polar surface area (TPSA) is 77.6 Å². The maximum atomic E-state index is 5.56. The van der Waals surface area contributed by atoms with Crippen molar-refractivity contribution in [1.29, 1.82) is 0 Å². The Morgan fingerprint density at radius 1 is 1.38 bits per heavy atom. The van der Waals surface area contributed by atoms with E-state index < -0.39 is 0 Å². The molecule has 0 aliphatic rings. The number of aromatic nitrogens is 3. The minimum absolute atomic E-state index is 0.371. The maximum Gasteiger partial charge on any atom is 0.219 e. The molecule has 0 aliphatic carbocycles. The number of ether oxygens (including phenoxy) is 2. The second kappa shape index (κ2) is 7.14. The van der Waals surface area contributed by atoms with Crippen molar-refractivity contribution in [3.63, 3.8) is 0 Å². The first-order chi connectivity index (χ1) is 11.7. The molecular weight excluding hydrogens is 328 g/mol. The summed E-state index contributed by atoms with van der Waals surface area (Å²) in [6.45, 7) is 2.47. The van der Waals surface area contributed by atoms with Crippen molar-refractivity contribution >= 4 is 18.4 Å². The summed E-state index contributed by atoms with van der Waals surface area (Å²) in [6.07, 6.45) is 3.23. The molecule has 7 nitrogen and oxygen atoms in total. The van der Waals surface area contributed by atoms with Crippen LogP contribution in [0.5, 0.6) is 11.5 Å². The van der Waals surface area contributed by atoms with E-state index in [2.05, 4.69) is 15.3 Å². The number of nitrogens with zero attached hydrogens (tertiary/aromatic N) is 3. The van der Waals surface area contributed by atoms with E-state index in [4.69, 9.17) is 26.1 Å². The number of aromatic amines is 1. The first kappa shape index (κ1) is 16.0. The summed E-state index contributed by atoms with van der Waals surface area (Å²) in [5.41, 5.74) is 0.841. The smallest absolute Gasteiger partial charge is 0.219 e. The Kier molecular flexibility index (Phi) is 4.76. The van der Waals surface area contributed by atoms with Gasteiger partial charge in [0, 0.05) is 0 Å². The highest BCUT2D eigenvalue weighted by Crippen LogP contribution is 2.27. The molecule has 0 saturated carbocycles. The van der Waals surface area contributed by atoms with Gasteiger partial charge in [0.2, 0.25) is 10.6 Å². The van der Waals surface area contributed by atoms with Crippen molar-refractivity contribution in [2.45, 2.75) is 6.92 Å². The fourth-order valence-corrected chi connectivity index (χ4v) is 2.31. The molecule has 1 N–H and O–H groups in total. The van der Waals surface area contributed by atoms with Crippen molar-refractivity contribution in [3.05, 3.63) is 46.9 Å². The molecule has 0 spiro atoms. The predicted molar refractivity (Wildman–Crippen MR) is 92.3 cm³/mol. The number of methoxy groups -OCH3 is 1. The average molecular weight is 344 g/mol. The maximum absolute atomic E-state index is 5.56. The third kappa shape index (κ3) is 3.23. The van der Waals surface area contributed by atoms with E-state index in [1.807, 2.05) is 25.1 Å². The number of rotatable bonds is 6. The zero-order valence-corrected chi connectivity index (χ0v) is 14.0. The highest BCUT2D eigenvalue weighted by atomic mass is 32.1. The lowest BCUT2D eigenvalue weighted by Gasteiger charge is -2.09. The standard InChI is InChI=1S/C16H16N4O3S/c1-3-22-14-9-11(6-7-12(14)21-2)10-17-20-15(18-19-16(20)24)13-5-4-8-23-13/h4-10H,3H2,1-2H3,(H,19,24)/b17-10-. The van der Waals surface area contributed by atoms with Gasteiger partial charge in [-0.15, -0.1) is 5.10 Å². The number of benzene rings is 1. The van der Waals surface area contributed by atoms with E-state index in [9.17, 15) is 0 Å². The number of furan rings is 1. The Bertz CT molecular complexity index is 896. The van der Waals surface area contributed by atoms with Crippen LogP contribution < -0.4 is 9.47 Å². The van der Waals surface area contributed by atoms with Gasteiger partial charge in [0.05, 0.1) is 26.2 Å². The third-order valence-electron chi connectivity index (χ3n) is 3.20. The lowest BCUT2D eigenvalue weighted by atomic mass is 10.2. The highest BCUT2D eigenvalue weighted by molar-refractivity contribution is 7.71. The molecule has 124 valence electrons. The van der Waals surface area contributed by atoms with Crippen molar-refractivity contribution in [3.8, 4) is 23.1 Å². The molecule has 0 saturated heterocycles. The number of H-pyrrole nitrogens is 1. The van der Waals surface area contributed by atoms with Gasteiger partial charge in [0.1, 0.15) is 0 Å². The lowest BCUT2D eigenvalue weighted by Crippen LogP contribution is -1.97. The van der Waals surface area contributed by atoms with Crippen LogP contribution in [-0.4, -0.2) is 34.8 Å². The summed E-state index contributed by atoms with van der Waals surface area (Å²) in [5, 5.41) is 11.2. The fourth-order valence-electron chi connectivity index (χ4n) is 2.13. The van der Waals surface area contributed by atoms with E-state index in [0.717, 1.165) is 5.56 Å². The van der Waals surface area contributed by atoms with Crippen LogP contribution in [0.1, 0.15) is 12.5 Å². The first-order valence-corrected chi connectivity index (χ1v) is 7.70. The van der Waals surface area contributed by atoms with Crippen molar-refractivity contribution in [2.75, 3.05) is 13.7 Å². The molecule has 0 aliphatic heterocycles. The molecule has 0 fully saturated rings. The summed E-state index contributed by atoms with van der Waals surface area (Å²) in [4.78, 5) is 0. The van der Waals surface area contributed by atoms with Crippen LogP contribution in [0, 0.1) is 4.77 Å². The largest absolute Gasteiger partial charge is 0.493 e. The molecule has 3 rings (SSSR count). The molecule has 2 heterocycles. The zero-order chi connectivity index (χ0) is 16.9. The van der Waals surface area contributed by atoms with Gasteiger partial charge in [-0.05, 0) is 55.0 Å². The molecule has 0 amide bonds. The SMILES string of the molecule is CCOc1cc(/C=N\n2c(-c3ccco3)n[nH]c2=S)ccc1OC. The average Bonchev–Trinajstić information content (AvgIpc) is 3.23. The zero-order valence-electron chi connectivity index (χ0n) is 13.2. The summed E-state index contributed by atoms with van der Waals surface area (Å²) in [5.74, 6) is 2.40. The highest BCUT2D eigenvalue weighted by Gasteiger charge is 2.10. The second-order valence-corrected chi connectivity index (χ2v) is 5.12. The van der Waals surface area contributed by atoms with E-state index in [1.165, 1.54) is 4.68 Å². The summed E-state index contributed by atoms with van der Waals surface area (Å²) in [6, 6.07) is 9.12. The van der Waals surface area contributed by atoms with Crippen molar-refractivity contribution < 1.29 is 13.9 Å². The van der Waals surface area contributed by atoms with Crippen LogP contribution in [0.4, 0.5) is 0 Å². The van der Waals surface area contributed by atoms with Gasteiger partial charge in [0.15, 0.2) is 17.3 Å². The number of hydrogen-bond donors (Lipinski definition) is 1. The van der Waals surface area contributed by atoms with Crippen molar-refractivity contribution in [1.82, 2.24) is 14.9 Å². The molecule has 2 aromatic heterocycles. The van der Waals surface area contributed by atoms with Crippen LogP contribution in [0.15, 0.2) is 46.1 Å². The first-order valence-electron chi connectivity index (χ1n) is 7.29. The van der Waals surface area contributed by atoms with Crippen LogP contribution in [-0.2, 0) is 0 Å². The van der Waals surface area contributed by atoms with Gasteiger partial charge < -0.3 is 13.9 Å². The summed E-state index contributed by atoms with van der Waals surface area (Å²) in [7, 11) is 1.60. The van der Waals surface area contributed by atoms with E-state index >= 15 is 0 Å². The van der Waals surface area contributed by atoms with Crippen LogP contribution >= 0.6 is 12.2 Å². The van der Waals surface area contributed by atoms with E-state index in [-0.39, 0.29) is 0 Å². The monoisotopic (exact) mass is 344 g/mol. The molecule has 24 heavy (non-hydrogen) atoms. The van der Waals surface area contributed by atoms with Crippen LogP contribution in [0.3, 0.4) is 0 Å². The van der Waals surface area contributed by atoms with Gasteiger partial charge >= 0.3 is 0 Å². The summed E-state index contributed by atoms with van der Waals surface area (Å²) >= 11 is 5.21. The molecule has 3 aromatic rings. The van der Waals surface area contributed by atoms with Crippen LogP contribution in [0.25, 0.3) is 11.6 Å². The van der Waals surface area contributed by atoms with Crippen LogP contribution in [0.2, 0.25) is 0 Å². The van der Waals surface area contributed by atoms with Crippen molar-refractivity contribution in [2.24, 2.45) is 5.10 Å². The van der Waals surface area contributed by atoms with Gasteiger partial charge in [0.25, 0.3) is 0 Å². The molecule has 8 heteroatoms. The number of nitrogens with one attached hydrogen (secondary N) is 1. The van der Waals surface area contributed by atoms with Gasteiger partial charge in [-0.25, -0.2) is 5.10 Å².